The number of anilines is 1. The molecule has 1 N–H and O–H groups in total. The average Bonchev–Trinajstić information content (AvgIpc) is 3.40. The minimum atomic E-state index is -3.55. The average molecular weight is 433 g/mol. The Morgan fingerprint density at radius 1 is 1.17 bits per heavy atom. The van der Waals surface area contributed by atoms with Crippen LogP contribution in [0.2, 0.25) is 0 Å². The summed E-state index contributed by atoms with van der Waals surface area (Å²) in [6.07, 6.45) is 1.72. The first kappa shape index (κ1) is 19.7. The van der Waals surface area contributed by atoms with Gasteiger partial charge in [0.05, 0.1) is 9.77 Å². The van der Waals surface area contributed by atoms with E-state index < -0.39 is 15.9 Å². The summed E-state index contributed by atoms with van der Waals surface area (Å²) in [5.74, 6) is 0.410. The summed E-state index contributed by atoms with van der Waals surface area (Å²) in [5, 5.41) is 12.1. The number of nitrogens with one attached hydrogen (secondary N) is 1. The van der Waals surface area contributed by atoms with Gasteiger partial charge in [0.1, 0.15) is 0 Å². The summed E-state index contributed by atoms with van der Waals surface area (Å²) in [6.45, 7) is 3.18. The molecule has 4 rings (SSSR count). The quantitative estimate of drug-likeness (QED) is 0.662. The lowest BCUT2D eigenvalue weighted by Gasteiger charge is -2.29. The third-order valence-corrected chi connectivity index (χ3v) is 7.65. The summed E-state index contributed by atoms with van der Waals surface area (Å²) >= 11 is 1.45. The van der Waals surface area contributed by atoms with Crippen molar-refractivity contribution in [3.05, 3.63) is 47.3 Å². The highest BCUT2D eigenvalue weighted by Crippen LogP contribution is 2.25. The zero-order valence-electron chi connectivity index (χ0n) is 15.7. The number of carbonyl (C=O) groups excluding carboxylic acids is 1. The number of hydrogen-bond acceptors (Lipinski definition) is 7. The van der Waals surface area contributed by atoms with Gasteiger partial charge in [-0.05, 0) is 54.5 Å². The van der Waals surface area contributed by atoms with Crippen LogP contribution in [0.1, 0.15) is 30.1 Å². The number of carbonyl (C=O) groups is 1. The first-order chi connectivity index (χ1) is 13.9. The van der Waals surface area contributed by atoms with Crippen LogP contribution in [-0.4, -0.2) is 41.9 Å². The van der Waals surface area contributed by atoms with Gasteiger partial charge in [0, 0.05) is 18.7 Å². The minimum Gasteiger partial charge on any atom is -0.402 e. The van der Waals surface area contributed by atoms with E-state index in [2.05, 4.69) is 22.4 Å². The molecule has 152 valence electrons. The van der Waals surface area contributed by atoms with E-state index in [1.165, 1.54) is 39.9 Å². The number of nitrogens with zero attached hydrogens (tertiary/aromatic N) is 3. The lowest BCUT2D eigenvalue weighted by Crippen LogP contribution is -2.37. The molecule has 1 amide bonds. The third-order valence-electron chi connectivity index (χ3n) is 4.87. The fourth-order valence-electron chi connectivity index (χ4n) is 3.10. The standard InChI is InChI=1S/C19H20N4O4S2/c1-13-8-10-23(11-9-13)29(25,26)15-6-4-14(5-7-15)17(24)20-19-22-21-18(27-19)16-3-2-12-28-16/h2-7,12-13H,8-11H2,1H3,(H,20,22,24). The molecule has 0 saturated carbocycles. The van der Waals surface area contributed by atoms with Gasteiger partial charge in [-0.1, -0.05) is 18.1 Å². The number of piperidine rings is 1. The van der Waals surface area contributed by atoms with Crippen LogP contribution < -0.4 is 5.32 Å². The number of hydrogen-bond donors (Lipinski definition) is 1. The molecule has 10 heteroatoms. The molecular formula is C19H20N4O4S2. The van der Waals surface area contributed by atoms with Crippen molar-refractivity contribution < 1.29 is 17.6 Å². The molecule has 0 bridgehead atoms. The maximum Gasteiger partial charge on any atom is 0.322 e. The second-order valence-electron chi connectivity index (χ2n) is 6.95. The third kappa shape index (κ3) is 4.24. The molecule has 0 atom stereocenters. The van der Waals surface area contributed by atoms with Gasteiger partial charge in [-0.25, -0.2) is 8.42 Å². The second kappa shape index (κ2) is 8.05. The van der Waals surface area contributed by atoms with E-state index in [0.29, 0.717) is 30.5 Å². The van der Waals surface area contributed by atoms with Crippen LogP contribution >= 0.6 is 11.3 Å². The van der Waals surface area contributed by atoms with Crippen LogP contribution in [0.5, 0.6) is 0 Å². The van der Waals surface area contributed by atoms with Crippen LogP contribution in [0.4, 0.5) is 6.01 Å². The van der Waals surface area contributed by atoms with Crippen molar-refractivity contribution >= 4 is 33.3 Å². The predicted molar refractivity (Wildman–Crippen MR) is 109 cm³/mol. The van der Waals surface area contributed by atoms with Crippen molar-refractivity contribution in [1.29, 1.82) is 0 Å². The molecule has 3 heterocycles. The molecule has 0 spiro atoms. The molecule has 1 aliphatic rings. The van der Waals surface area contributed by atoms with Crippen LogP contribution in [0.25, 0.3) is 10.8 Å². The van der Waals surface area contributed by atoms with Gasteiger partial charge in [-0.2, -0.15) is 4.31 Å². The Morgan fingerprint density at radius 2 is 1.90 bits per heavy atom. The Hall–Kier alpha value is -2.56. The highest BCUT2D eigenvalue weighted by atomic mass is 32.2. The van der Waals surface area contributed by atoms with Crippen LogP contribution in [0.15, 0.2) is 51.1 Å². The molecular weight excluding hydrogens is 412 g/mol. The second-order valence-corrected chi connectivity index (χ2v) is 9.84. The monoisotopic (exact) mass is 432 g/mol. The van der Waals surface area contributed by atoms with E-state index in [0.717, 1.165) is 17.7 Å². The molecule has 0 unspecified atom stereocenters. The molecule has 8 nitrogen and oxygen atoms in total. The Bertz CT molecular complexity index is 1080. The Labute approximate surface area is 172 Å². The molecule has 1 saturated heterocycles. The predicted octanol–water partition coefficient (Wildman–Crippen LogP) is 3.47. The molecule has 0 aliphatic carbocycles. The van der Waals surface area contributed by atoms with Gasteiger partial charge in [-0.15, -0.1) is 16.4 Å². The molecule has 1 fully saturated rings. The number of aromatic nitrogens is 2. The smallest absolute Gasteiger partial charge is 0.322 e. The highest BCUT2D eigenvalue weighted by Gasteiger charge is 2.28. The molecule has 1 aromatic carbocycles. The maximum atomic E-state index is 12.8. The van der Waals surface area contributed by atoms with Gasteiger partial charge in [-0.3, -0.25) is 10.1 Å². The zero-order chi connectivity index (χ0) is 20.4. The first-order valence-electron chi connectivity index (χ1n) is 9.22. The zero-order valence-corrected chi connectivity index (χ0v) is 17.4. The SMILES string of the molecule is CC1CCN(S(=O)(=O)c2ccc(C(=O)Nc3nnc(-c4cccs4)o3)cc2)CC1. The lowest BCUT2D eigenvalue weighted by atomic mass is 10.0. The first-order valence-corrected chi connectivity index (χ1v) is 11.5. The topological polar surface area (TPSA) is 105 Å². The van der Waals surface area contributed by atoms with E-state index in [1.807, 2.05) is 17.5 Å². The summed E-state index contributed by atoms with van der Waals surface area (Å²) < 4.78 is 32.5. The molecule has 29 heavy (non-hydrogen) atoms. The van der Waals surface area contributed by atoms with Gasteiger partial charge >= 0.3 is 6.01 Å². The fraction of sp³-hybridized carbons (Fsp3) is 0.316. The summed E-state index contributed by atoms with van der Waals surface area (Å²) in [6, 6.07) is 9.54. The van der Waals surface area contributed by atoms with Crippen LogP contribution in [0, 0.1) is 5.92 Å². The number of amides is 1. The van der Waals surface area contributed by atoms with E-state index in [-0.39, 0.29) is 10.9 Å². The van der Waals surface area contributed by atoms with E-state index in [9.17, 15) is 13.2 Å². The number of rotatable bonds is 5. The van der Waals surface area contributed by atoms with Gasteiger partial charge < -0.3 is 4.42 Å². The maximum absolute atomic E-state index is 12.8. The van der Waals surface area contributed by atoms with Gasteiger partial charge in [0.15, 0.2) is 0 Å². The van der Waals surface area contributed by atoms with E-state index >= 15 is 0 Å². The summed E-state index contributed by atoms with van der Waals surface area (Å²) in [5.41, 5.74) is 0.298. The Kier molecular flexibility index (Phi) is 5.48. The van der Waals surface area contributed by atoms with Crippen LogP contribution in [0.3, 0.4) is 0 Å². The molecule has 2 aromatic heterocycles. The largest absolute Gasteiger partial charge is 0.402 e. The van der Waals surface area contributed by atoms with Crippen molar-refractivity contribution in [1.82, 2.24) is 14.5 Å². The van der Waals surface area contributed by atoms with Gasteiger partial charge in [0.25, 0.3) is 11.8 Å². The van der Waals surface area contributed by atoms with E-state index in [1.54, 1.807) is 0 Å². The molecule has 3 aromatic rings. The van der Waals surface area contributed by atoms with Crippen molar-refractivity contribution in [2.45, 2.75) is 24.7 Å². The van der Waals surface area contributed by atoms with Crippen molar-refractivity contribution in [2.24, 2.45) is 5.92 Å². The normalized spacial score (nSPS) is 16.0. The Morgan fingerprint density at radius 3 is 2.55 bits per heavy atom. The molecule has 0 radical (unpaired) electrons. The minimum absolute atomic E-state index is 0.0162. The van der Waals surface area contributed by atoms with Crippen LogP contribution in [-0.2, 0) is 10.0 Å². The van der Waals surface area contributed by atoms with Gasteiger partial charge in [0.2, 0.25) is 10.0 Å². The fourth-order valence-corrected chi connectivity index (χ4v) is 5.21. The number of thiophene rings is 1. The Balaban J connectivity index is 1.44. The van der Waals surface area contributed by atoms with E-state index in [4.69, 9.17) is 4.42 Å². The van der Waals surface area contributed by atoms with Crippen molar-refractivity contribution in [3.8, 4) is 10.8 Å². The highest BCUT2D eigenvalue weighted by molar-refractivity contribution is 7.89. The number of benzene rings is 1. The summed E-state index contributed by atoms with van der Waals surface area (Å²) in [7, 11) is -3.55. The van der Waals surface area contributed by atoms with Crippen molar-refractivity contribution in [2.75, 3.05) is 18.4 Å². The lowest BCUT2D eigenvalue weighted by molar-refractivity contribution is 0.102. The summed E-state index contributed by atoms with van der Waals surface area (Å²) in [4.78, 5) is 13.4. The number of sulfonamides is 1. The molecule has 1 aliphatic heterocycles. The van der Waals surface area contributed by atoms with Crippen molar-refractivity contribution in [3.63, 3.8) is 0 Å².